The number of carbonyl (C=O) groups is 1. The number of aromatic nitrogens is 3. The Morgan fingerprint density at radius 1 is 1.10 bits per heavy atom. The van der Waals surface area contributed by atoms with Crippen LogP contribution in [0.25, 0.3) is 11.4 Å². The van der Waals surface area contributed by atoms with E-state index >= 15 is 0 Å². The Kier molecular flexibility index (Phi) is 11.6. The molecule has 30 heavy (non-hydrogen) atoms. The van der Waals surface area contributed by atoms with Crippen LogP contribution in [0.3, 0.4) is 0 Å². The Labute approximate surface area is 189 Å². The SMILES string of the molecule is Cc1nc(-c2ccncc2)[nH]c(=O)c1CC(=O)NCCNC1CCCCCC1.Cl.Cl. The summed E-state index contributed by atoms with van der Waals surface area (Å²) in [6.45, 7) is 3.08. The minimum Gasteiger partial charge on any atom is -0.355 e. The minimum absolute atomic E-state index is 0. The van der Waals surface area contributed by atoms with Crippen molar-refractivity contribution in [3.05, 3.63) is 46.1 Å². The number of rotatable bonds is 7. The molecular weight excluding hydrogens is 425 g/mol. The van der Waals surface area contributed by atoms with Gasteiger partial charge in [0.2, 0.25) is 5.91 Å². The zero-order valence-electron chi connectivity index (χ0n) is 17.3. The van der Waals surface area contributed by atoms with Crippen molar-refractivity contribution < 1.29 is 4.79 Å². The maximum Gasteiger partial charge on any atom is 0.255 e. The largest absolute Gasteiger partial charge is 0.355 e. The Bertz CT molecular complexity index is 837. The Hall–Kier alpha value is -1.96. The second kappa shape index (κ2) is 13.4. The third-order valence-corrected chi connectivity index (χ3v) is 5.25. The van der Waals surface area contributed by atoms with Crippen molar-refractivity contribution in [3.63, 3.8) is 0 Å². The first-order valence-corrected chi connectivity index (χ1v) is 10.1. The van der Waals surface area contributed by atoms with Crippen molar-refractivity contribution in [1.82, 2.24) is 25.6 Å². The van der Waals surface area contributed by atoms with Gasteiger partial charge in [0.05, 0.1) is 6.42 Å². The molecule has 2 aromatic rings. The zero-order chi connectivity index (χ0) is 19.8. The van der Waals surface area contributed by atoms with Crippen molar-refractivity contribution in [2.24, 2.45) is 0 Å². The average Bonchev–Trinajstić information content (AvgIpc) is 2.97. The van der Waals surface area contributed by atoms with Crippen LogP contribution in [0.4, 0.5) is 0 Å². The van der Waals surface area contributed by atoms with Gasteiger partial charge in [-0.2, -0.15) is 0 Å². The molecule has 3 N–H and O–H groups in total. The summed E-state index contributed by atoms with van der Waals surface area (Å²) in [5.74, 6) is 0.330. The second-order valence-corrected chi connectivity index (χ2v) is 7.38. The topological polar surface area (TPSA) is 99.8 Å². The van der Waals surface area contributed by atoms with E-state index in [-0.39, 0.29) is 42.7 Å². The molecule has 7 nitrogen and oxygen atoms in total. The van der Waals surface area contributed by atoms with E-state index in [1.807, 2.05) is 0 Å². The van der Waals surface area contributed by atoms with E-state index in [9.17, 15) is 9.59 Å². The number of hydrogen-bond acceptors (Lipinski definition) is 5. The molecule has 0 unspecified atom stereocenters. The lowest BCUT2D eigenvalue weighted by Gasteiger charge is -2.16. The van der Waals surface area contributed by atoms with Gasteiger partial charge in [-0.1, -0.05) is 25.7 Å². The first-order valence-electron chi connectivity index (χ1n) is 10.1. The van der Waals surface area contributed by atoms with Crippen LogP contribution in [-0.4, -0.2) is 40.0 Å². The van der Waals surface area contributed by atoms with Crippen LogP contribution in [0.2, 0.25) is 0 Å². The van der Waals surface area contributed by atoms with Gasteiger partial charge in [-0.25, -0.2) is 4.98 Å². The van der Waals surface area contributed by atoms with Crippen molar-refractivity contribution >= 4 is 30.7 Å². The molecule has 0 spiro atoms. The van der Waals surface area contributed by atoms with Crippen LogP contribution in [-0.2, 0) is 11.2 Å². The molecule has 3 rings (SSSR count). The number of aromatic amines is 1. The molecule has 0 saturated heterocycles. The number of nitrogens with zero attached hydrogens (tertiary/aromatic N) is 2. The summed E-state index contributed by atoms with van der Waals surface area (Å²) in [5, 5.41) is 6.43. The van der Waals surface area contributed by atoms with Crippen molar-refractivity contribution in [2.45, 2.75) is 57.9 Å². The van der Waals surface area contributed by atoms with Gasteiger partial charge < -0.3 is 15.6 Å². The first-order chi connectivity index (χ1) is 13.6. The smallest absolute Gasteiger partial charge is 0.255 e. The Morgan fingerprint density at radius 3 is 2.40 bits per heavy atom. The van der Waals surface area contributed by atoms with Crippen LogP contribution in [0.1, 0.15) is 49.8 Å². The standard InChI is InChI=1S/C21H29N5O2.2ClH/c1-15-18(21(28)26-20(25-15)16-8-10-22-11-9-16)14-19(27)24-13-12-23-17-6-4-2-3-5-7-17;;/h8-11,17,23H,2-7,12-14H2,1H3,(H,24,27)(H,25,26,28);2*1H. The summed E-state index contributed by atoms with van der Waals surface area (Å²) in [7, 11) is 0. The lowest BCUT2D eigenvalue weighted by atomic mass is 10.1. The van der Waals surface area contributed by atoms with E-state index in [1.54, 1.807) is 31.5 Å². The molecule has 0 atom stereocenters. The summed E-state index contributed by atoms with van der Waals surface area (Å²) >= 11 is 0. The summed E-state index contributed by atoms with van der Waals surface area (Å²) in [4.78, 5) is 35.9. The fraction of sp³-hybridized carbons (Fsp3) is 0.524. The van der Waals surface area contributed by atoms with Crippen molar-refractivity contribution in [1.29, 1.82) is 0 Å². The molecular formula is C21H31Cl2N5O2. The van der Waals surface area contributed by atoms with E-state index < -0.39 is 0 Å². The van der Waals surface area contributed by atoms with E-state index in [4.69, 9.17) is 0 Å². The summed E-state index contributed by atoms with van der Waals surface area (Å²) in [6, 6.07) is 4.13. The number of hydrogen-bond donors (Lipinski definition) is 3. The number of pyridine rings is 1. The van der Waals surface area contributed by atoms with Gasteiger partial charge in [0, 0.05) is 48.3 Å². The molecule has 0 bridgehead atoms. The average molecular weight is 456 g/mol. The van der Waals surface area contributed by atoms with Gasteiger partial charge in [-0.05, 0) is 31.9 Å². The number of amides is 1. The molecule has 0 aliphatic heterocycles. The highest BCUT2D eigenvalue weighted by atomic mass is 35.5. The molecule has 2 aromatic heterocycles. The zero-order valence-corrected chi connectivity index (χ0v) is 18.9. The number of nitrogens with one attached hydrogen (secondary N) is 3. The predicted octanol–water partition coefficient (Wildman–Crippen LogP) is 2.96. The highest BCUT2D eigenvalue weighted by molar-refractivity contribution is 5.85. The third-order valence-electron chi connectivity index (χ3n) is 5.25. The molecule has 2 heterocycles. The summed E-state index contributed by atoms with van der Waals surface area (Å²) < 4.78 is 0. The summed E-state index contributed by atoms with van der Waals surface area (Å²) in [6.07, 6.45) is 11.0. The number of halogens is 2. The maximum atomic E-state index is 12.4. The number of H-pyrrole nitrogens is 1. The normalized spacial score (nSPS) is 14.2. The predicted molar refractivity (Wildman–Crippen MR) is 124 cm³/mol. The van der Waals surface area contributed by atoms with Gasteiger partial charge in [0.1, 0.15) is 5.82 Å². The fourth-order valence-corrected chi connectivity index (χ4v) is 3.65. The lowest BCUT2D eigenvalue weighted by Crippen LogP contribution is -2.38. The van der Waals surface area contributed by atoms with E-state index in [0.29, 0.717) is 29.7 Å². The monoisotopic (exact) mass is 455 g/mol. The first kappa shape index (κ1) is 26.1. The van der Waals surface area contributed by atoms with Gasteiger partial charge >= 0.3 is 0 Å². The molecule has 0 radical (unpaired) electrons. The van der Waals surface area contributed by atoms with Crippen LogP contribution in [0.5, 0.6) is 0 Å². The number of aryl methyl sites for hydroxylation is 1. The van der Waals surface area contributed by atoms with Gasteiger partial charge in [0.25, 0.3) is 5.56 Å². The Morgan fingerprint density at radius 2 is 1.77 bits per heavy atom. The highest BCUT2D eigenvalue weighted by Gasteiger charge is 2.14. The van der Waals surface area contributed by atoms with Crippen LogP contribution in [0, 0.1) is 6.92 Å². The molecule has 0 aromatic carbocycles. The van der Waals surface area contributed by atoms with Crippen molar-refractivity contribution in [2.75, 3.05) is 13.1 Å². The second-order valence-electron chi connectivity index (χ2n) is 7.38. The quantitative estimate of drug-likeness (QED) is 0.440. The molecule has 9 heteroatoms. The van der Waals surface area contributed by atoms with E-state index in [2.05, 4.69) is 25.6 Å². The minimum atomic E-state index is -0.272. The van der Waals surface area contributed by atoms with E-state index in [0.717, 1.165) is 12.1 Å². The third kappa shape index (κ3) is 7.70. The van der Waals surface area contributed by atoms with Crippen LogP contribution >= 0.6 is 24.8 Å². The van der Waals surface area contributed by atoms with Gasteiger partial charge in [0.15, 0.2) is 0 Å². The summed E-state index contributed by atoms with van der Waals surface area (Å²) in [5.41, 5.74) is 1.50. The number of carbonyl (C=O) groups excluding carboxylic acids is 1. The van der Waals surface area contributed by atoms with Gasteiger partial charge in [-0.15, -0.1) is 24.8 Å². The highest BCUT2D eigenvalue weighted by Crippen LogP contribution is 2.17. The molecule has 1 aliphatic carbocycles. The van der Waals surface area contributed by atoms with Crippen molar-refractivity contribution in [3.8, 4) is 11.4 Å². The maximum absolute atomic E-state index is 12.4. The molecule has 166 valence electrons. The van der Waals surface area contributed by atoms with Gasteiger partial charge in [-0.3, -0.25) is 14.6 Å². The van der Waals surface area contributed by atoms with Crippen LogP contribution < -0.4 is 16.2 Å². The Balaban J connectivity index is 0.00000225. The lowest BCUT2D eigenvalue weighted by molar-refractivity contribution is -0.120. The molecule has 1 amide bonds. The molecule has 1 aliphatic rings. The molecule has 1 saturated carbocycles. The van der Waals surface area contributed by atoms with Crippen LogP contribution in [0.15, 0.2) is 29.3 Å². The fourth-order valence-electron chi connectivity index (χ4n) is 3.65. The van der Waals surface area contributed by atoms with E-state index in [1.165, 1.54) is 38.5 Å². The molecule has 1 fully saturated rings.